The van der Waals surface area contributed by atoms with Crippen molar-refractivity contribution in [2.24, 2.45) is 5.92 Å². The summed E-state index contributed by atoms with van der Waals surface area (Å²) in [5, 5.41) is 0. The summed E-state index contributed by atoms with van der Waals surface area (Å²) in [5.74, 6) is 0.809. The molecule has 1 aliphatic carbocycles. The van der Waals surface area contributed by atoms with Crippen LogP contribution in [0.25, 0.3) is 0 Å². The Bertz CT molecular complexity index is 103. The Morgan fingerprint density at radius 2 is 2.00 bits per heavy atom. The third-order valence-electron chi connectivity index (χ3n) is 2.29. The molecule has 0 N–H and O–H groups in total. The van der Waals surface area contributed by atoms with E-state index >= 15 is 0 Å². The normalized spacial score (nSPS) is 19.6. The molecule has 1 nitrogen and oxygen atoms in total. The molecule has 0 heterocycles. The summed E-state index contributed by atoms with van der Waals surface area (Å²) in [6.07, 6.45) is 10.7. The third kappa shape index (κ3) is 3.45. The van der Waals surface area contributed by atoms with Crippen LogP contribution < -0.4 is 0 Å². The quantitative estimate of drug-likeness (QED) is 0.445. The van der Waals surface area contributed by atoms with E-state index in [2.05, 4.69) is 13.0 Å². The fourth-order valence-corrected chi connectivity index (χ4v) is 1.63. The molecule has 0 aromatic carbocycles. The molecule has 1 radical (unpaired) electrons. The molecule has 0 aromatic heterocycles. The number of ether oxygens (including phenoxy) is 1. The molecular weight excluding hydrogens is 136 g/mol. The Kier molecular flexibility index (Phi) is 4.10. The van der Waals surface area contributed by atoms with Crippen LogP contribution >= 0.6 is 0 Å². The molecule has 11 heavy (non-hydrogen) atoms. The Balaban J connectivity index is 2.00. The minimum Gasteiger partial charge on any atom is -0.502 e. The van der Waals surface area contributed by atoms with E-state index in [9.17, 15) is 0 Å². The number of hydrogen-bond acceptors (Lipinski definition) is 1. The van der Waals surface area contributed by atoms with Crippen molar-refractivity contribution in [3.63, 3.8) is 0 Å². The van der Waals surface area contributed by atoms with Gasteiger partial charge >= 0.3 is 0 Å². The highest BCUT2D eigenvalue weighted by Crippen LogP contribution is 2.25. The van der Waals surface area contributed by atoms with Gasteiger partial charge in [0, 0.05) is 6.42 Å². The SMILES string of the molecule is C=COC[CH]C1CCCCC1. The van der Waals surface area contributed by atoms with Crippen molar-refractivity contribution in [2.45, 2.75) is 32.1 Å². The van der Waals surface area contributed by atoms with Gasteiger partial charge in [-0.2, -0.15) is 0 Å². The van der Waals surface area contributed by atoms with Crippen LogP contribution in [0.5, 0.6) is 0 Å². The van der Waals surface area contributed by atoms with Crippen LogP contribution in [0.2, 0.25) is 0 Å². The summed E-state index contributed by atoms with van der Waals surface area (Å²) in [6.45, 7) is 4.25. The molecule has 63 valence electrons. The standard InChI is InChI=1S/C10H17O/c1-2-11-9-8-10-6-4-3-5-7-10/h2,8,10H,1,3-7,9H2. The first-order chi connectivity index (χ1) is 5.43. The van der Waals surface area contributed by atoms with Gasteiger partial charge in [0.15, 0.2) is 0 Å². The summed E-state index contributed by atoms with van der Waals surface area (Å²) in [5.41, 5.74) is 0. The molecule has 0 aromatic rings. The average molecular weight is 153 g/mol. The first kappa shape index (κ1) is 8.63. The van der Waals surface area contributed by atoms with Crippen LogP contribution in [0.4, 0.5) is 0 Å². The fourth-order valence-electron chi connectivity index (χ4n) is 1.63. The fraction of sp³-hybridized carbons (Fsp3) is 0.700. The lowest BCUT2D eigenvalue weighted by Gasteiger charge is -2.20. The van der Waals surface area contributed by atoms with Gasteiger partial charge in [0.05, 0.1) is 12.9 Å². The van der Waals surface area contributed by atoms with Crippen molar-refractivity contribution < 1.29 is 4.74 Å². The Hall–Kier alpha value is -0.460. The van der Waals surface area contributed by atoms with Gasteiger partial charge in [-0.05, 0) is 5.92 Å². The van der Waals surface area contributed by atoms with Gasteiger partial charge in [0.1, 0.15) is 0 Å². The Labute approximate surface area is 69.4 Å². The van der Waals surface area contributed by atoms with Crippen molar-refractivity contribution in [3.05, 3.63) is 19.3 Å². The van der Waals surface area contributed by atoms with Crippen molar-refractivity contribution in [2.75, 3.05) is 6.61 Å². The largest absolute Gasteiger partial charge is 0.502 e. The zero-order valence-electron chi connectivity index (χ0n) is 7.09. The highest BCUT2D eigenvalue weighted by atomic mass is 16.5. The maximum Gasteiger partial charge on any atom is 0.0907 e. The van der Waals surface area contributed by atoms with Crippen LogP contribution in [0.15, 0.2) is 12.8 Å². The maximum absolute atomic E-state index is 5.04. The highest BCUT2D eigenvalue weighted by molar-refractivity contribution is 4.79. The van der Waals surface area contributed by atoms with E-state index in [1.807, 2.05) is 0 Å². The summed E-state index contributed by atoms with van der Waals surface area (Å²) >= 11 is 0. The maximum atomic E-state index is 5.04. The Morgan fingerprint density at radius 3 is 2.64 bits per heavy atom. The zero-order valence-corrected chi connectivity index (χ0v) is 7.09. The lowest BCUT2D eigenvalue weighted by Crippen LogP contribution is -2.09. The molecule has 0 atom stereocenters. The number of hydrogen-bond donors (Lipinski definition) is 0. The lowest BCUT2D eigenvalue weighted by atomic mass is 9.87. The Morgan fingerprint density at radius 1 is 1.27 bits per heavy atom. The average Bonchev–Trinajstić information content (AvgIpc) is 2.07. The van der Waals surface area contributed by atoms with Crippen LogP contribution in [0, 0.1) is 12.3 Å². The topological polar surface area (TPSA) is 9.23 Å². The zero-order chi connectivity index (χ0) is 7.94. The second-order valence-electron chi connectivity index (χ2n) is 3.13. The second kappa shape index (κ2) is 5.22. The molecule has 0 unspecified atom stereocenters. The van der Waals surface area contributed by atoms with Gasteiger partial charge in [0.25, 0.3) is 0 Å². The minimum absolute atomic E-state index is 0.744. The van der Waals surface area contributed by atoms with Crippen molar-refractivity contribution >= 4 is 0 Å². The summed E-state index contributed by atoms with van der Waals surface area (Å²) in [6, 6.07) is 0. The van der Waals surface area contributed by atoms with Crippen molar-refractivity contribution in [1.82, 2.24) is 0 Å². The van der Waals surface area contributed by atoms with E-state index in [1.165, 1.54) is 38.4 Å². The summed E-state index contributed by atoms with van der Waals surface area (Å²) in [7, 11) is 0. The van der Waals surface area contributed by atoms with Gasteiger partial charge in [-0.25, -0.2) is 0 Å². The molecular formula is C10H17O. The van der Waals surface area contributed by atoms with Gasteiger partial charge in [-0.1, -0.05) is 38.7 Å². The van der Waals surface area contributed by atoms with Crippen LogP contribution in [0.3, 0.4) is 0 Å². The van der Waals surface area contributed by atoms with Gasteiger partial charge < -0.3 is 4.74 Å². The first-order valence-corrected chi connectivity index (χ1v) is 4.49. The van der Waals surface area contributed by atoms with Crippen molar-refractivity contribution in [1.29, 1.82) is 0 Å². The molecule has 1 saturated carbocycles. The highest BCUT2D eigenvalue weighted by Gasteiger charge is 2.12. The molecule has 0 amide bonds. The van der Waals surface area contributed by atoms with Crippen LogP contribution in [-0.2, 0) is 4.74 Å². The minimum atomic E-state index is 0.744. The van der Waals surface area contributed by atoms with Crippen molar-refractivity contribution in [3.8, 4) is 0 Å². The van der Waals surface area contributed by atoms with Gasteiger partial charge in [-0.3, -0.25) is 0 Å². The molecule has 1 heteroatoms. The van der Waals surface area contributed by atoms with E-state index in [-0.39, 0.29) is 0 Å². The van der Waals surface area contributed by atoms with Crippen LogP contribution in [-0.4, -0.2) is 6.61 Å². The second-order valence-corrected chi connectivity index (χ2v) is 3.13. The summed E-state index contributed by atoms with van der Waals surface area (Å²) in [4.78, 5) is 0. The molecule has 0 bridgehead atoms. The molecule has 1 aliphatic rings. The molecule has 0 saturated heterocycles. The number of rotatable bonds is 4. The van der Waals surface area contributed by atoms with Crippen LogP contribution in [0.1, 0.15) is 32.1 Å². The summed E-state index contributed by atoms with van der Waals surface area (Å²) < 4.78 is 5.04. The molecule has 0 aliphatic heterocycles. The predicted molar refractivity (Wildman–Crippen MR) is 47.0 cm³/mol. The third-order valence-corrected chi connectivity index (χ3v) is 2.29. The lowest BCUT2D eigenvalue weighted by molar-refractivity contribution is 0.253. The predicted octanol–water partition coefficient (Wildman–Crippen LogP) is 2.93. The van der Waals surface area contributed by atoms with E-state index in [1.54, 1.807) is 0 Å². The van der Waals surface area contributed by atoms with Gasteiger partial charge in [-0.15, -0.1) is 0 Å². The molecule has 1 rings (SSSR count). The monoisotopic (exact) mass is 153 g/mol. The van der Waals surface area contributed by atoms with E-state index in [0.29, 0.717) is 0 Å². The molecule has 1 fully saturated rings. The smallest absolute Gasteiger partial charge is 0.0907 e. The van der Waals surface area contributed by atoms with E-state index < -0.39 is 0 Å². The molecule has 0 spiro atoms. The van der Waals surface area contributed by atoms with Gasteiger partial charge in [0.2, 0.25) is 0 Å². The van der Waals surface area contributed by atoms with E-state index in [4.69, 9.17) is 4.74 Å². The first-order valence-electron chi connectivity index (χ1n) is 4.49. The van der Waals surface area contributed by atoms with E-state index in [0.717, 1.165) is 12.5 Å².